The summed E-state index contributed by atoms with van der Waals surface area (Å²) in [6.07, 6.45) is -3.78. The number of alkyl halides is 3. The summed E-state index contributed by atoms with van der Waals surface area (Å²) < 4.78 is 63.7. The van der Waals surface area contributed by atoms with Crippen LogP contribution in [0, 0.1) is 0 Å². The Morgan fingerprint density at radius 2 is 1.95 bits per heavy atom. The van der Waals surface area contributed by atoms with Gasteiger partial charge in [0.2, 0.25) is 10.0 Å². The van der Waals surface area contributed by atoms with E-state index in [1.54, 1.807) is 12.1 Å². The first-order valence-electron chi connectivity index (χ1n) is 5.73. The van der Waals surface area contributed by atoms with Crippen molar-refractivity contribution >= 4 is 26.0 Å². The van der Waals surface area contributed by atoms with Gasteiger partial charge in [0.05, 0.1) is 4.90 Å². The van der Waals surface area contributed by atoms with Crippen molar-refractivity contribution in [3.05, 3.63) is 40.4 Å². The summed E-state index contributed by atoms with van der Waals surface area (Å²) in [5, 5.41) is 0. The molecule has 1 aromatic rings. The molecule has 0 atom stereocenters. The van der Waals surface area contributed by atoms with Crippen LogP contribution in [0.3, 0.4) is 0 Å². The van der Waals surface area contributed by atoms with E-state index >= 15 is 0 Å². The minimum absolute atomic E-state index is 0.0655. The third-order valence-corrected chi connectivity index (χ3v) is 5.32. The van der Waals surface area contributed by atoms with Crippen LogP contribution in [0.4, 0.5) is 13.2 Å². The molecular weight excluding hydrogens is 359 g/mol. The third-order valence-electron chi connectivity index (χ3n) is 2.97. The zero-order chi connectivity index (χ0) is 15.0. The van der Waals surface area contributed by atoms with Crippen molar-refractivity contribution in [1.82, 2.24) is 4.31 Å². The van der Waals surface area contributed by atoms with E-state index in [4.69, 9.17) is 0 Å². The van der Waals surface area contributed by atoms with Crippen molar-refractivity contribution < 1.29 is 21.6 Å². The van der Waals surface area contributed by atoms with E-state index in [1.165, 1.54) is 12.1 Å². The highest BCUT2D eigenvalue weighted by Crippen LogP contribution is 2.31. The van der Waals surface area contributed by atoms with Crippen LogP contribution in [0.25, 0.3) is 0 Å². The summed E-state index contributed by atoms with van der Waals surface area (Å²) in [7, 11) is -3.76. The monoisotopic (exact) mass is 369 g/mol. The van der Waals surface area contributed by atoms with Crippen molar-refractivity contribution in [3.8, 4) is 0 Å². The van der Waals surface area contributed by atoms with Crippen LogP contribution in [0.5, 0.6) is 0 Å². The van der Waals surface area contributed by atoms with Gasteiger partial charge in [0.15, 0.2) is 0 Å². The molecule has 0 saturated carbocycles. The number of halogens is 4. The van der Waals surface area contributed by atoms with E-state index < -0.39 is 21.8 Å². The Morgan fingerprint density at radius 1 is 1.25 bits per heavy atom. The molecule has 0 bridgehead atoms. The molecule has 0 amide bonds. The Bertz CT molecular complexity index is 640. The number of nitrogens with zero attached hydrogens (tertiary/aromatic N) is 1. The molecule has 0 saturated heterocycles. The van der Waals surface area contributed by atoms with Gasteiger partial charge >= 0.3 is 6.18 Å². The molecule has 0 radical (unpaired) electrons. The molecule has 0 spiro atoms. The van der Waals surface area contributed by atoms with Crippen molar-refractivity contribution in [3.63, 3.8) is 0 Å². The fraction of sp³-hybridized carbons (Fsp3) is 0.333. The minimum atomic E-state index is -4.38. The summed E-state index contributed by atoms with van der Waals surface area (Å²) in [5.74, 6) is 0. The van der Waals surface area contributed by atoms with E-state index in [2.05, 4.69) is 15.9 Å². The second kappa shape index (κ2) is 5.50. The van der Waals surface area contributed by atoms with Crippen LogP contribution < -0.4 is 0 Å². The first kappa shape index (κ1) is 15.5. The molecule has 1 heterocycles. The van der Waals surface area contributed by atoms with Crippen LogP contribution in [0.2, 0.25) is 0 Å². The van der Waals surface area contributed by atoms with Crippen LogP contribution in [0.1, 0.15) is 6.42 Å². The fourth-order valence-corrected chi connectivity index (χ4v) is 3.88. The van der Waals surface area contributed by atoms with Crippen LogP contribution in [-0.4, -0.2) is 32.0 Å². The number of hydrogen-bond donors (Lipinski definition) is 0. The molecule has 8 heteroatoms. The van der Waals surface area contributed by atoms with Gasteiger partial charge in [-0.2, -0.15) is 17.5 Å². The van der Waals surface area contributed by atoms with Gasteiger partial charge in [-0.25, -0.2) is 8.42 Å². The van der Waals surface area contributed by atoms with Gasteiger partial charge in [-0.15, -0.1) is 0 Å². The lowest BCUT2D eigenvalue weighted by molar-refractivity contribution is -0.0953. The standard InChI is InChI=1S/C12H11BrF3NO2S/c13-10-2-1-3-11(8-10)20(18,19)17-6-4-9(5-7-17)12(14,15)16/h1-4,8H,5-7H2. The Hall–Kier alpha value is -0.860. The largest absolute Gasteiger partial charge is 0.412 e. The Morgan fingerprint density at radius 3 is 2.45 bits per heavy atom. The average Bonchev–Trinajstić information content (AvgIpc) is 2.38. The fourth-order valence-electron chi connectivity index (χ4n) is 1.90. The van der Waals surface area contributed by atoms with Gasteiger partial charge in [-0.3, -0.25) is 0 Å². The van der Waals surface area contributed by atoms with Gasteiger partial charge in [0, 0.05) is 23.1 Å². The van der Waals surface area contributed by atoms with Crippen molar-refractivity contribution in [2.75, 3.05) is 13.1 Å². The predicted octanol–water partition coefficient (Wildman–Crippen LogP) is 3.33. The smallest absolute Gasteiger partial charge is 0.207 e. The molecule has 1 aromatic carbocycles. The van der Waals surface area contributed by atoms with Crippen molar-refractivity contribution in [2.45, 2.75) is 17.5 Å². The molecule has 0 N–H and O–H groups in total. The summed E-state index contributed by atoms with van der Waals surface area (Å²) in [6, 6.07) is 6.09. The Kier molecular flexibility index (Phi) is 4.27. The first-order valence-corrected chi connectivity index (χ1v) is 7.96. The maximum absolute atomic E-state index is 12.5. The second-order valence-electron chi connectivity index (χ2n) is 4.30. The lowest BCUT2D eigenvalue weighted by Gasteiger charge is -2.26. The molecule has 3 nitrogen and oxygen atoms in total. The van der Waals surface area contributed by atoms with Crippen molar-refractivity contribution in [2.24, 2.45) is 0 Å². The molecule has 1 aliphatic heterocycles. The number of benzene rings is 1. The Labute approximate surface area is 123 Å². The van der Waals surface area contributed by atoms with Crippen LogP contribution in [0.15, 0.2) is 45.3 Å². The third kappa shape index (κ3) is 3.24. The zero-order valence-electron chi connectivity index (χ0n) is 10.2. The highest BCUT2D eigenvalue weighted by Gasteiger charge is 2.37. The summed E-state index contributed by atoms with van der Waals surface area (Å²) >= 11 is 3.17. The molecule has 2 rings (SSSR count). The number of sulfonamides is 1. The van der Waals surface area contributed by atoms with Gasteiger partial charge in [0.1, 0.15) is 0 Å². The molecule has 110 valence electrons. The zero-order valence-corrected chi connectivity index (χ0v) is 12.6. The molecule has 0 aromatic heterocycles. The first-order chi connectivity index (χ1) is 9.21. The van der Waals surface area contributed by atoms with Gasteiger partial charge < -0.3 is 0 Å². The molecule has 20 heavy (non-hydrogen) atoms. The SMILES string of the molecule is O=S(=O)(c1cccc(Br)c1)N1CC=C(C(F)(F)F)CC1. The second-order valence-corrected chi connectivity index (χ2v) is 7.15. The van der Waals surface area contributed by atoms with E-state index in [0.29, 0.717) is 4.47 Å². The summed E-state index contributed by atoms with van der Waals surface area (Å²) in [6.45, 7) is -0.427. The van der Waals surface area contributed by atoms with Crippen molar-refractivity contribution in [1.29, 1.82) is 0 Å². The molecule has 0 fully saturated rings. The quantitative estimate of drug-likeness (QED) is 0.749. The molecule has 0 aliphatic carbocycles. The lowest BCUT2D eigenvalue weighted by atomic mass is 10.1. The van der Waals surface area contributed by atoms with Crippen LogP contribution in [-0.2, 0) is 10.0 Å². The van der Waals surface area contributed by atoms with Gasteiger partial charge in [-0.05, 0) is 24.6 Å². The molecule has 1 aliphatic rings. The van der Waals surface area contributed by atoms with E-state index in [-0.39, 0.29) is 24.4 Å². The minimum Gasteiger partial charge on any atom is -0.207 e. The lowest BCUT2D eigenvalue weighted by Crippen LogP contribution is -2.36. The molecule has 0 unspecified atom stereocenters. The normalized spacial score (nSPS) is 17.9. The van der Waals surface area contributed by atoms with E-state index in [1.807, 2.05) is 0 Å². The highest BCUT2D eigenvalue weighted by atomic mass is 79.9. The maximum Gasteiger partial charge on any atom is 0.412 e. The van der Waals surface area contributed by atoms with E-state index in [0.717, 1.165) is 10.4 Å². The Balaban J connectivity index is 2.24. The highest BCUT2D eigenvalue weighted by molar-refractivity contribution is 9.10. The maximum atomic E-state index is 12.5. The summed E-state index contributed by atoms with van der Waals surface area (Å²) in [4.78, 5) is 0.0655. The predicted molar refractivity (Wildman–Crippen MR) is 71.7 cm³/mol. The van der Waals surface area contributed by atoms with E-state index in [9.17, 15) is 21.6 Å². The number of hydrogen-bond acceptors (Lipinski definition) is 2. The average molecular weight is 370 g/mol. The number of rotatable bonds is 2. The van der Waals surface area contributed by atoms with Crippen LogP contribution >= 0.6 is 15.9 Å². The summed E-state index contributed by atoms with van der Waals surface area (Å²) in [5.41, 5.74) is -0.668. The topological polar surface area (TPSA) is 37.4 Å². The van der Waals surface area contributed by atoms with Gasteiger partial charge in [-0.1, -0.05) is 28.1 Å². The molecular formula is C12H11BrF3NO2S. The van der Waals surface area contributed by atoms with Gasteiger partial charge in [0.25, 0.3) is 0 Å².